The van der Waals surface area contributed by atoms with Gasteiger partial charge in [-0.3, -0.25) is 0 Å². The zero-order valence-corrected chi connectivity index (χ0v) is 10.7. The fraction of sp³-hybridized carbons (Fsp3) is 0.500. The molecule has 0 bridgehead atoms. The molecule has 0 saturated carbocycles. The van der Waals surface area contributed by atoms with Gasteiger partial charge in [0.1, 0.15) is 5.75 Å². The molecule has 1 aromatic carbocycles. The van der Waals surface area contributed by atoms with Gasteiger partial charge < -0.3 is 15.2 Å². The van der Waals surface area contributed by atoms with Crippen LogP contribution in [-0.4, -0.2) is 24.4 Å². The number of hydrogen-bond acceptors (Lipinski definition) is 3. The maximum Gasteiger partial charge on any atom is 0.115 e. The van der Waals surface area contributed by atoms with Crippen LogP contribution in [0.3, 0.4) is 0 Å². The molecule has 0 aromatic heterocycles. The van der Waals surface area contributed by atoms with Gasteiger partial charge in [-0.1, -0.05) is 15.9 Å². The van der Waals surface area contributed by atoms with E-state index in [0.29, 0.717) is 11.8 Å². The number of rotatable bonds is 3. The van der Waals surface area contributed by atoms with Gasteiger partial charge in [0.2, 0.25) is 0 Å². The van der Waals surface area contributed by atoms with E-state index >= 15 is 0 Å². The predicted octanol–water partition coefficient (Wildman–Crippen LogP) is 2.42. The van der Waals surface area contributed by atoms with Gasteiger partial charge in [-0.15, -0.1) is 0 Å². The van der Waals surface area contributed by atoms with Gasteiger partial charge in [-0.2, -0.15) is 0 Å². The van der Waals surface area contributed by atoms with Crippen LogP contribution in [0, 0.1) is 0 Å². The largest absolute Gasteiger partial charge is 0.508 e. The molecule has 4 heteroatoms. The summed E-state index contributed by atoms with van der Waals surface area (Å²) in [6.45, 7) is 2.42. The smallest absolute Gasteiger partial charge is 0.115 e. The summed E-state index contributed by atoms with van der Waals surface area (Å²) in [6, 6.07) is 5.75. The highest BCUT2D eigenvalue weighted by Gasteiger charge is 2.13. The Kier molecular flexibility index (Phi) is 4.21. The Bertz CT molecular complexity index is 351. The molecule has 1 fully saturated rings. The third-order valence-electron chi connectivity index (χ3n) is 2.77. The minimum atomic E-state index is 0.305. The van der Waals surface area contributed by atoms with Gasteiger partial charge in [-0.05, 0) is 36.6 Å². The summed E-state index contributed by atoms with van der Waals surface area (Å²) in [5.41, 5.74) is 1.07. The highest BCUT2D eigenvalue weighted by Crippen LogP contribution is 2.21. The molecule has 1 unspecified atom stereocenters. The van der Waals surface area contributed by atoms with Gasteiger partial charge in [0.25, 0.3) is 0 Å². The Morgan fingerprint density at radius 3 is 3.12 bits per heavy atom. The van der Waals surface area contributed by atoms with E-state index in [2.05, 4.69) is 21.2 Å². The maximum absolute atomic E-state index is 9.40. The third-order valence-corrected chi connectivity index (χ3v) is 3.54. The molecule has 0 aliphatic carbocycles. The van der Waals surface area contributed by atoms with Crippen molar-refractivity contribution < 1.29 is 9.84 Å². The summed E-state index contributed by atoms with van der Waals surface area (Å²) in [5.74, 6) is 0.305. The summed E-state index contributed by atoms with van der Waals surface area (Å²) >= 11 is 3.47. The third kappa shape index (κ3) is 3.20. The van der Waals surface area contributed by atoms with E-state index in [-0.39, 0.29) is 0 Å². The lowest BCUT2D eigenvalue weighted by molar-refractivity contribution is 0.0699. The SMILES string of the molecule is Oc1ccc(Br)c(CNC2CCCOC2)c1. The van der Waals surface area contributed by atoms with Gasteiger partial charge in [0, 0.05) is 23.7 Å². The van der Waals surface area contributed by atoms with Gasteiger partial charge in [0.15, 0.2) is 0 Å². The van der Waals surface area contributed by atoms with Gasteiger partial charge in [-0.25, -0.2) is 0 Å². The highest BCUT2D eigenvalue weighted by atomic mass is 79.9. The van der Waals surface area contributed by atoms with Crippen LogP contribution >= 0.6 is 15.9 Å². The number of nitrogens with one attached hydrogen (secondary N) is 1. The van der Waals surface area contributed by atoms with Crippen LogP contribution in [0.1, 0.15) is 18.4 Å². The normalized spacial score (nSPS) is 20.9. The minimum absolute atomic E-state index is 0.305. The molecule has 1 aliphatic rings. The average molecular weight is 286 g/mol. The van der Waals surface area contributed by atoms with Crippen LogP contribution in [0.4, 0.5) is 0 Å². The van der Waals surface area contributed by atoms with Gasteiger partial charge >= 0.3 is 0 Å². The van der Waals surface area contributed by atoms with E-state index in [1.54, 1.807) is 12.1 Å². The van der Waals surface area contributed by atoms with E-state index in [0.717, 1.165) is 42.6 Å². The number of phenols is 1. The number of ether oxygens (including phenoxy) is 1. The number of benzene rings is 1. The molecule has 0 radical (unpaired) electrons. The van der Waals surface area contributed by atoms with Crippen LogP contribution in [0.25, 0.3) is 0 Å². The highest BCUT2D eigenvalue weighted by molar-refractivity contribution is 9.10. The maximum atomic E-state index is 9.40. The van der Waals surface area contributed by atoms with Crippen LogP contribution in [0.5, 0.6) is 5.75 Å². The molecule has 1 aliphatic heterocycles. The molecule has 1 heterocycles. The molecule has 0 spiro atoms. The topological polar surface area (TPSA) is 41.5 Å². The standard InChI is InChI=1S/C12H16BrNO2/c13-12-4-3-11(15)6-9(12)7-14-10-2-1-5-16-8-10/h3-4,6,10,14-15H,1-2,5,7-8H2. The number of halogens is 1. The summed E-state index contributed by atoms with van der Waals surface area (Å²) in [7, 11) is 0. The van der Waals surface area contributed by atoms with Crippen molar-refractivity contribution in [1.82, 2.24) is 5.32 Å². The first-order valence-corrected chi connectivity index (χ1v) is 6.33. The fourth-order valence-corrected chi connectivity index (χ4v) is 2.24. The van der Waals surface area contributed by atoms with Crippen LogP contribution in [0.2, 0.25) is 0 Å². The van der Waals surface area contributed by atoms with E-state index < -0.39 is 0 Å². The Morgan fingerprint density at radius 1 is 1.50 bits per heavy atom. The molecule has 1 aromatic rings. The molecular formula is C12H16BrNO2. The summed E-state index contributed by atoms with van der Waals surface area (Å²) in [4.78, 5) is 0. The molecule has 16 heavy (non-hydrogen) atoms. The second-order valence-electron chi connectivity index (χ2n) is 4.07. The van der Waals surface area contributed by atoms with Crippen LogP contribution in [-0.2, 0) is 11.3 Å². The molecular weight excluding hydrogens is 270 g/mol. The zero-order valence-electron chi connectivity index (χ0n) is 9.08. The molecule has 1 atom stereocenters. The second-order valence-corrected chi connectivity index (χ2v) is 4.93. The van der Waals surface area contributed by atoms with Crippen molar-refractivity contribution in [3.05, 3.63) is 28.2 Å². The van der Waals surface area contributed by atoms with Crippen molar-refractivity contribution in [3.8, 4) is 5.75 Å². The Balaban J connectivity index is 1.90. The second kappa shape index (κ2) is 5.66. The molecule has 0 amide bonds. The van der Waals surface area contributed by atoms with Crippen molar-refractivity contribution in [1.29, 1.82) is 0 Å². The van der Waals surface area contributed by atoms with E-state index in [1.165, 1.54) is 0 Å². The fourth-order valence-electron chi connectivity index (χ4n) is 1.85. The molecule has 2 N–H and O–H groups in total. The summed E-state index contributed by atoms with van der Waals surface area (Å²) in [6.07, 6.45) is 2.29. The van der Waals surface area contributed by atoms with Crippen LogP contribution in [0.15, 0.2) is 22.7 Å². The van der Waals surface area contributed by atoms with Crippen molar-refractivity contribution in [2.45, 2.75) is 25.4 Å². The summed E-state index contributed by atoms with van der Waals surface area (Å²) in [5, 5.41) is 12.8. The lowest BCUT2D eigenvalue weighted by Gasteiger charge is -2.23. The minimum Gasteiger partial charge on any atom is -0.508 e. The lowest BCUT2D eigenvalue weighted by Crippen LogP contribution is -2.36. The van der Waals surface area contributed by atoms with E-state index in [4.69, 9.17) is 4.74 Å². The molecule has 88 valence electrons. The molecule has 1 saturated heterocycles. The Hall–Kier alpha value is -0.580. The van der Waals surface area contributed by atoms with Crippen molar-refractivity contribution >= 4 is 15.9 Å². The molecule has 2 rings (SSSR count). The first-order valence-electron chi connectivity index (χ1n) is 5.54. The Morgan fingerprint density at radius 2 is 2.38 bits per heavy atom. The van der Waals surface area contributed by atoms with Crippen molar-refractivity contribution in [2.75, 3.05) is 13.2 Å². The molecule has 3 nitrogen and oxygen atoms in total. The number of aromatic hydroxyl groups is 1. The first-order chi connectivity index (χ1) is 7.75. The van der Waals surface area contributed by atoms with Gasteiger partial charge in [0.05, 0.1) is 6.61 Å². The van der Waals surface area contributed by atoms with Crippen molar-refractivity contribution in [3.63, 3.8) is 0 Å². The first kappa shape index (κ1) is 11.9. The Labute approximate surface area is 104 Å². The lowest BCUT2D eigenvalue weighted by atomic mass is 10.1. The van der Waals surface area contributed by atoms with Crippen molar-refractivity contribution in [2.24, 2.45) is 0 Å². The summed E-state index contributed by atoms with van der Waals surface area (Å²) < 4.78 is 6.42. The average Bonchev–Trinajstić information content (AvgIpc) is 2.32. The van der Waals surface area contributed by atoms with E-state index in [1.807, 2.05) is 6.07 Å². The predicted molar refractivity (Wildman–Crippen MR) is 66.5 cm³/mol. The number of phenolic OH excluding ortho intramolecular Hbond substituents is 1. The quantitative estimate of drug-likeness (QED) is 0.896. The zero-order chi connectivity index (χ0) is 11.4. The van der Waals surface area contributed by atoms with Crippen LogP contribution < -0.4 is 5.32 Å². The monoisotopic (exact) mass is 285 g/mol. The number of hydrogen-bond donors (Lipinski definition) is 2. The van der Waals surface area contributed by atoms with E-state index in [9.17, 15) is 5.11 Å².